The van der Waals surface area contributed by atoms with Gasteiger partial charge in [-0.15, -0.1) is 0 Å². The van der Waals surface area contributed by atoms with E-state index >= 15 is 0 Å². The van der Waals surface area contributed by atoms with Gasteiger partial charge in [0.25, 0.3) is 5.91 Å². The van der Waals surface area contributed by atoms with Crippen LogP contribution < -0.4 is 10.6 Å². The Morgan fingerprint density at radius 2 is 2.04 bits per heavy atom. The van der Waals surface area contributed by atoms with E-state index < -0.39 is 0 Å². The van der Waals surface area contributed by atoms with Gasteiger partial charge in [-0.1, -0.05) is 18.7 Å². The molecule has 0 aliphatic heterocycles. The Morgan fingerprint density at radius 3 is 2.74 bits per heavy atom. The van der Waals surface area contributed by atoms with Crippen molar-refractivity contribution in [2.75, 3.05) is 5.32 Å². The van der Waals surface area contributed by atoms with Crippen LogP contribution in [0.3, 0.4) is 0 Å². The molecule has 138 valence electrons. The van der Waals surface area contributed by atoms with Crippen LogP contribution >= 0.6 is 0 Å². The second kappa shape index (κ2) is 7.03. The molecule has 2 amide bonds. The van der Waals surface area contributed by atoms with Crippen LogP contribution in [0, 0.1) is 0 Å². The number of carbonyl (C=O) groups excluding carboxylic acids is 2. The van der Waals surface area contributed by atoms with Crippen molar-refractivity contribution >= 4 is 28.7 Å². The van der Waals surface area contributed by atoms with Crippen molar-refractivity contribution < 1.29 is 9.59 Å². The molecule has 7 heteroatoms. The minimum Gasteiger partial charge on any atom is -0.347 e. The third-order valence-electron chi connectivity index (χ3n) is 3.73. The molecule has 0 aliphatic rings. The summed E-state index contributed by atoms with van der Waals surface area (Å²) in [6.07, 6.45) is 4.44. The highest BCUT2D eigenvalue weighted by molar-refractivity contribution is 6.05. The Hall–Kier alpha value is -3.48. The molecule has 0 unspecified atom stereocenters. The Kier molecular flexibility index (Phi) is 4.77. The first-order valence-electron chi connectivity index (χ1n) is 8.47. The number of fused-ring (bicyclic) bond motifs is 1. The number of anilines is 1. The summed E-state index contributed by atoms with van der Waals surface area (Å²) in [5, 5.41) is 5.64. The van der Waals surface area contributed by atoms with Gasteiger partial charge in [-0.25, -0.2) is 9.97 Å². The molecular formula is C20H21N5O2. The minimum absolute atomic E-state index is 0.216. The smallest absolute Gasteiger partial charge is 0.255 e. The highest BCUT2D eigenvalue weighted by atomic mass is 16.2. The quantitative estimate of drug-likeness (QED) is 0.619. The molecular weight excluding hydrogens is 342 g/mol. The number of hydrogen-bond acceptors (Lipinski definition) is 4. The van der Waals surface area contributed by atoms with Crippen LogP contribution in [0.4, 0.5) is 5.69 Å². The van der Waals surface area contributed by atoms with Crippen LogP contribution in [0.5, 0.6) is 0 Å². The van der Waals surface area contributed by atoms with Crippen molar-refractivity contribution in [2.45, 2.75) is 26.3 Å². The van der Waals surface area contributed by atoms with E-state index in [-0.39, 0.29) is 17.4 Å². The second-order valence-electron chi connectivity index (χ2n) is 7.13. The number of hydrogen-bond donors (Lipinski definition) is 3. The summed E-state index contributed by atoms with van der Waals surface area (Å²) in [5.74, 6) is -0.507. The van der Waals surface area contributed by atoms with Crippen LogP contribution in [0.25, 0.3) is 22.4 Å². The average Bonchev–Trinajstić information content (AvgIpc) is 3.03. The zero-order valence-corrected chi connectivity index (χ0v) is 15.5. The van der Waals surface area contributed by atoms with Gasteiger partial charge >= 0.3 is 0 Å². The second-order valence-corrected chi connectivity index (χ2v) is 7.13. The van der Waals surface area contributed by atoms with Gasteiger partial charge in [0.05, 0.1) is 17.5 Å². The predicted octanol–water partition coefficient (Wildman–Crippen LogP) is 3.28. The van der Waals surface area contributed by atoms with E-state index in [1.807, 2.05) is 32.9 Å². The van der Waals surface area contributed by atoms with E-state index in [1.165, 1.54) is 6.08 Å². The Labute approximate surface area is 156 Å². The lowest BCUT2D eigenvalue weighted by Gasteiger charge is -2.20. The predicted molar refractivity (Wildman–Crippen MR) is 105 cm³/mol. The topological polar surface area (TPSA) is 99.8 Å². The maximum atomic E-state index is 12.5. The van der Waals surface area contributed by atoms with Crippen molar-refractivity contribution in [3.63, 3.8) is 0 Å². The summed E-state index contributed by atoms with van der Waals surface area (Å²) < 4.78 is 0. The first kappa shape index (κ1) is 18.3. The fraction of sp³-hybridized carbons (Fsp3) is 0.200. The SMILES string of the molecule is C=CC(=O)Nc1cccc(-c2cnc3[nH]cc(C(=O)NC(C)(C)C)c3n2)c1. The Bertz CT molecular complexity index is 1030. The molecule has 0 radical (unpaired) electrons. The van der Waals surface area contributed by atoms with E-state index in [9.17, 15) is 9.59 Å². The average molecular weight is 363 g/mol. The fourth-order valence-corrected chi connectivity index (χ4v) is 2.56. The molecule has 2 heterocycles. The molecule has 0 fully saturated rings. The van der Waals surface area contributed by atoms with E-state index in [1.54, 1.807) is 24.5 Å². The van der Waals surface area contributed by atoms with Crippen LogP contribution in [-0.2, 0) is 4.79 Å². The van der Waals surface area contributed by atoms with E-state index in [0.29, 0.717) is 28.1 Å². The van der Waals surface area contributed by atoms with Gasteiger partial charge in [-0.05, 0) is 39.0 Å². The molecule has 0 saturated heterocycles. The van der Waals surface area contributed by atoms with Gasteiger partial charge in [0, 0.05) is 23.0 Å². The third kappa shape index (κ3) is 4.20. The zero-order chi connectivity index (χ0) is 19.6. The molecule has 0 bridgehead atoms. The molecule has 0 saturated carbocycles. The van der Waals surface area contributed by atoms with E-state index in [4.69, 9.17) is 0 Å². The van der Waals surface area contributed by atoms with Gasteiger partial charge in [0.1, 0.15) is 5.52 Å². The monoisotopic (exact) mass is 363 g/mol. The largest absolute Gasteiger partial charge is 0.347 e. The maximum Gasteiger partial charge on any atom is 0.255 e. The molecule has 2 aromatic heterocycles. The number of aromatic nitrogens is 3. The summed E-state index contributed by atoms with van der Waals surface area (Å²) in [7, 11) is 0. The number of H-pyrrole nitrogens is 1. The van der Waals surface area contributed by atoms with Crippen LogP contribution in [0.1, 0.15) is 31.1 Å². The lowest BCUT2D eigenvalue weighted by molar-refractivity contribution is -0.111. The summed E-state index contributed by atoms with van der Waals surface area (Å²) in [4.78, 5) is 36.0. The Balaban J connectivity index is 1.98. The van der Waals surface area contributed by atoms with E-state index in [0.717, 1.165) is 5.56 Å². The van der Waals surface area contributed by atoms with Crippen LogP contribution in [-0.4, -0.2) is 32.3 Å². The number of nitrogens with one attached hydrogen (secondary N) is 3. The summed E-state index contributed by atoms with van der Waals surface area (Å²) in [5.41, 5.74) is 3.10. The lowest BCUT2D eigenvalue weighted by Crippen LogP contribution is -2.40. The number of nitrogens with zero attached hydrogens (tertiary/aromatic N) is 2. The zero-order valence-electron chi connectivity index (χ0n) is 15.5. The van der Waals surface area contributed by atoms with Gasteiger partial charge in [0.2, 0.25) is 5.91 Å². The normalized spacial score (nSPS) is 11.2. The molecule has 0 aliphatic carbocycles. The molecule has 0 spiro atoms. The lowest BCUT2D eigenvalue weighted by atomic mass is 10.1. The standard InChI is InChI=1S/C20H21N5O2/c1-5-16(26)23-13-8-6-7-12(9-13)15-11-22-18-17(24-15)14(10-21-18)19(27)25-20(2,3)4/h5-11H,1H2,2-4H3,(H,21,22)(H,23,26)(H,25,27). The van der Waals surface area contributed by atoms with E-state index in [2.05, 4.69) is 32.2 Å². The highest BCUT2D eigenvalue weighted by Crippen LogP contribution is 2.24. The molecule has 0 atom stereocenters. The van der Waals surface area contributed by atoms with Crippen molar-refractivity contribution in [2.24, 2.45) is 0 Å². The fourth-order valence-electron chi connectivity index (χ4n) is 2.56. The van der Waals surface area contributed by atoms with Gasteiger partial charge < -0.3 is 15.6 Å². The minimum atomic E-state index is -0.358. The molecule has 3 rings (SSSR count). The maximum absolute atomic E-state index is 12.5. The van der Waals surface area contributed by atoms with Crippen molar-refractivity contribution in [3.8, 4) is 11.3 Å². The number of amides is 2. The molecule has 27 heavy (non-hydrogen) atoms. The third-order valence-corrected chi connectivity index (χ3v) is 3.73. The van der Waals surface area contributed by atoms with Gasteiger partial charge in [-0.3, -0.25) is 9.59 Å². The Morgan fingerprint density at radius 1 is 1.26 bits per heavy atom. The summed E-state index contributed by atoms with van der Waals surface area (Å²) in [6, 6.07) is 7.24. The number of benzene rings is 1. The molecule has 3 aromatic rings. The number of carbonyl (C=O) groups is 2. The van der Waals surface area contributed by atoms with Gasteiger partial charge in [0.15, 0.2) is 5.65 Å². The summed E-state index contributed by atoms with van der Waals surface area (Å²) in [6.45, 7) is 9.19. The number of aromatic amines is 1. The summed E-state index contributed by atoms with van der Waals surface area (Å²) >= 11 is 0. The first-order valence-corrected chi connectivity index (χ1v) is 8.47. The number of rotatable bonds is 4. The van der Waals surface area contributed by atoms with Crippen LogP contribution in [0.15, 0.2) is 49.3 Å². The molecule has 7 nitrogen and oxygen atoms in total. The first-order chi connectivity index (χ1) is 12.8. The van der Waals surface area contributed by atoms with Crippen molar-refractivity contribution in [3.05, 3.63) is 54.9 Å². The highest BCUT2D eigenvalue weighted by Gasteiger charge is 2.20. The van der Waals surface area contributed by atoms with Crippen molar-refractivity contribution in [1.29, 1.82) is 0 Å². The van der Waals surface area contributed by atoms with Gasteiger partial charge in [-0.2, -0.15) is 0 Å². The molecule has 1 aromatic carbocycles. The van der Waals surface area contributed by atoms with Crippen LogP contribution in [0.2, 0.25) is 0 Å². The van der Waals surface area contributed by atoms with Crippen molar-refractivity contribution in [1.82, 2.24) is 20.3 Å². The molecule has 3 N–H and O–H groups in total.